The van der Waals surface area contributed by atoms with Crippen molar-refractivity contribution in [3.63, 3.8) is 0 Å². The molecule has 0 aliphatic heterocycles. The standard InChI is InChI=1S/C25H19ClN2O2S/c26-24-16-14-21-22-17-19(12-11-18-7-3-1-4-8-18)13-15-23(22)28(25(21)27-24)31(29,30)20-9-5-2-6-10-20/h2,5-7,9-10,13-17H,1,3-4,8H2. The van der Waals surface area contributed by atoms with E-state index < -0.39 is 10.0 Å². The molecule has 2 heterocycles. The van der Waals surface area contributed by atoms with E-state index in [-0.39, 0.29) is 10.0 Å². The van der Waals surface area contributed by atoms with Gasteiger partial charge in [-0.3, -0.25) is 0 Å². The Bertz CT molecular complexity index is 1510. The fourth-order valence-corrected chi connectivity index (χ4v) is 5.60. The summed E-state index contributed by atoms with van der Waals surface area (Å²) in [4.78, 5) is 4.56. The molecule has 4 aromatic rings. The van der Waals surface area contributed by atoms with E-state index in [0.29, 0.717) is 11.2 Å². The lowest BCUT2D eigenvalue weighted by atomic mass is 10.00. The van der Waals surface area contributed by atoms with E-state index in [2.05, 4.69) is 22.9 Å². The molecule has 0 atom stereocenters. The largest absolute Gasteiger partial charge is 0.269 e. The summed E-state index contributed by atoms with van der Waals surface area (Å²) in [7, 11) is -3.86. The molecule has 0 saturated carbocycles. The zero-order chi connectivity index (χ0) is 21.4. The molecule has 0 unspecified atom stereocenters. The Hall–Kier alpha value is -3.07. The summed E-state index contributed by atoms with van der Waals surface area (Å²) in [6.45, 7) is 0. The lowest BCUT2D eigenvalue weighted by Crippen LogP contribution is -2.13. The van der Waals surface area contributed by atoms with E-state index in [9.17, 15) is 8.42 Å². The maximum absolute atomic E-state index is 13.5. The molecule has 0 N–H and O–H groups in total. The lowest BCUT2D eigenvalue weighted by molar-refractivity contribution is 0.590. The number of pyridine rings is 1. The van der Waals surface area contributed by atoms with Crippen LogP contribution >= 0.6 is 11.6 Å². The van der Waals surface area contributed by atoms with E-state index >= 15 is 0 Å². The average molecular weight is 447 g/mol. The summed E-state index contributed by atoms with van der Waals surface area (Å²) in [5.74, 6) is 6.51. The van der Waals surface area contributed by atoms with Crippen LogP contribution in [-0.2, 0) is 10.0 Å². The van der Waals surface area contributed by atoms with E-state index in [1.807, 2.05) is 18.2 Å². The van der Waals surface area contributed by atoms with Crippen LogP contribution in [0.5, 0.6) is 0 Å². The molecule has 1 aliphatic carbocycles. The van der Waals surface area contributed by atoms with Gasteiger partial charge < -0.3 is 0 Å². The van der Waals surface area contributed by atoms with Gasteiger partial charge in [-0.25, -0.2) is 17.4 Å². The Morgan fingerprint density at radius 1 is 0.935 bits per heavy atom. The van der Waals surface area contributed by atoms with Gasteiger partial charge in [0.15, 0.2) is 5.65 Å². The van der Waals surface area contributed by atoms with Gasteiger partial charge in [0.25, 0.3) is 10.0 Å². The molecule has 0 spiro atoms. The minimum atomic E-state index is -3.86. The Morgan fingerprint density at radius 3 is 2.55 bits per heavy atom. The Morgan fingerprint density at radius 2 is 1.77 bits per heavy atom. The molecule has 0 fully saturated rings. The molecule has 2 aromatic carbocycles. The van der Waals surface area contributed by atoms with E-state index in [1.54, 1.807) is 42.5 Å². The summed E-state index contributed by atoms with van der Waals surface area (Å²) >= 11 is 6.13. The van der Waals surface area contributed by atoms with Crippen LogP contribution in [-0.4, -0.2) is 17.4 Å². The van der Waals surface area contributed by atoms with Crippen molar-refractivity contribution in [1.29, 1.82) is 0 Å². The summed E-state index contributed by atoms with van der Waals surface area (Å²) in [6.07, 6.45) is 6.71. The Kier molecular flexibility index (Phi) is 5.05. The first-order valence-electron chi connectivity index (χ1n) is 10.2. The second kappa shape index (κ2) is 7.88. The van der Waals surface area contributed by atoms with Crippen LogP contribution in [0, 0.1) is 11.8 Å². The van der Waals surface area contributed by atoms with Crippen molar-refractivity contribution in [2.75, 3.05) is 0 Å². The molecule has 4 nitrogen and oxygen atoms in total. The van der Waals surface area contributed by atoms with Crippen molar-refractivity contribution in [2.45, 2.75) is 30.6 Å². The molecule has 154 valence electrons. The fraction of sp³-hybridized carbons (Fsp3) is 0.160. The molecule has 1 aliphatic rings. The van der Waals surface area contributed by atoms with Crippen molar-refractivity contribution in [3.8, 4) is 11.8 Å². The number of hydrogen-bond acceptors (Lipinski definition) is 3. The zero-order valence-electron chi connectivity index (χ0n) is 16.7. The summed E-state index contributed by atoms with van der Waals surface area (Å²) < 4.78 is 28.3. The minimum absolute atomic E-state index is 0.198. The first kappa shape index (κ1) is 19.9. The monoisotopic (exact) mass is 446 g/mol. The predicted octanol–water partition coefficient (Wildman–Crippen LogP) is 5.93. The highest BCUT2D eigenvalue weighted by Crippen LogP contribution is 2.33. The molecule has 0 radical (unpaired) electrons. The van der Waals surface area contributed by atoms with Gasteiger partial charge >= 0.3 is 0 Å². The third kappa shape index (κ3) is 3.63. The van der Waals surface area contributed by atoms with Gasteiger partial charge in [0.05, 0.1) is 10.4 Å². The maximum atomic E-state index is 13.5. The Balaban J connectivity index is 1.73. The number of fused-ring (bicyclic) bond motifs is 3. The van der Waals surface area contributed by atoms with Crippen LogP contribution in [0.4, 0.5) is 0 Å². The molecular formula is C25H19ClN2O2S. The van der Waals surface area contributed by atoms with Crippen LogP contribution in [0.25, 0.3) is 21.9 Å². The molecule has 2 aromatic heterocycles. The molecular weight excluding hydrogens is 428 g/mol. The van der Waals surface area contributed by atoms with Crippen molar-refractivity contribution in [2.24, 2.45) is 0 Å². The Labute approximate surface area is 186 Å². The molecule has 0 bridgehead atoms. The third-order valence-electron chi connectivity index (χ3n) is 5.48. The first-order valence-corrected chi connectivity index (χ1v) is 12.0. The van der Waals surface area contributed by atoms with Gasteiger partial charge in [0.2, 0.25) is 0 Å². The second-order valence-corrected chi connectivity index (χ2v) is 9.72. The van der Waals surface area contributed by atoms with Gasteiger partial charge in [-0.05, 0) is 73.7 Å². The van der Waals surface area contributed by atoms with Crippen LogP contribution in [0.3, 0.4) is 0 Å². The molecule has 0 amide bonds. The SMILES string of the molecule is O=S(=O)(c1ccccc1)n1c2ccc(C#CC3=CCCCC3)cc2c2ccc(Cl)nc21. The highest BCUT2D eigenvalue weighted by Gasteiger charge is 2.24. The number of allylic oxidation sites excluding steroid dienone is 2. The van der Waals surface area contributed by atoms with Crippen molar-refractivity contribution >= 4 is 43.6 Å². The first-order chi connectivity index (χ1) is 15.0. The number of benzene rings is 2. The average Bonchev–Trinajstić information content (AvgIpc) is 3.12. The van der Waals surface area contributed by atoms with Crippen molar-refractivity contribution in [3.05, 3.63) is 83.0 Å². The highest BCUT2D eigenvalue weighted by molar-refractivity contribution is 7.90. The van der Waals surface area contributed by atoms with Gasteiger partial charge in [-0.1, -0.05) is 47.7 Å². The summed E-state index contributed by atoms with van der Waals surface area (Å²) in [5.41, 5.74) is 2.88. The smallest absolute Gasteiger partial charge is 0.217 e. The van der Waals surface area contributed by atoms with Gasteiger partial charge in [0.1, 0.15) is 5.15 Å². The molecule has 6 heteroatoms. The number of nitrogens with zero attached hydrogens (tertiary/aromatic N) is 2. The van der Waals surface area contributed by atoms with Crippen LogP contribution in [0.1, 0.15) is 31.2 Å². The van der Waals surface area contributed by atoms with Gasteiger partial charge in [0, 0.05) is 16.3 Å². The topological polar surface area (TPSA) is 52.0 Å². The van der Waals surface area contributed by atoms with E-state index in [4.69, 9.17) is 11.6 Å². The maximum Gasteiger partial charge on any atom is 0.269 e. The van der Waals surface area contributed by atoms with Crippen molar-refractivity contribution < 1.29 is 8.42 Å². The van der Waals surface area contributed by atoms with E-state index in [0.717, 1.165) is 29.2 Å². The number of halogens is 1. The second-order valence-electron chi connectivity index (χ2n) is 7.54. The number of rotatable bonds is 2. The van der Waals surface area contributed by atoms with Crippen LogP contribution < -0.4 is 0 Å². The highest BCUT2D eigenvalue weighted by atomic mass is 35.5. The third-order valence-corrected chi connectivity index (χ3v) is 7.41. The van der Waals surface area contributed by atoms with E-state index in [1.165, 1.54) is 22.4 Å². The van der Waals surface area contributed by atoms with Crippen molar-refractivity contribution in [1.82, 2.24) is 8.96 Å². The predicted molar refractivity (Wildman–Crippen MR) is 125 cm³/mol. The summed E-state index contributed by atoms with van der Waals surface area (Å²) in [5, 5.41) is 1.74. The fourth-order valence-electron chi connectivity index (χ4n) is 3.96. The summed E-state index contributed by atoms with van der Waals surface area (Å²) in [6, 6.07) is 17.4. The number of aromatic nitrogens is 2. The molecule has 31 heavy (non-hydrogen) atoms. The van der Waals surface area contributed by atoms with Gasteiger partial charge in [-0.2, -0.15) is 0 Å². The van der Waals surface area contributed by atoms with Gasteiger partial charge in [-0.15, -0.1) is 0 Å². The van der Waals surface area contributed by atoms with Crippen LogP contribution in [0.2, 0.25) is 5.15 Å². The molecule has 5 rings (SSSR count). The lowest BCUT2D eigenvalue weighted by Gasteiger charge is -2.08. The minimum Gasteiger partial charge on any atom is -0.217 e. The molecule has 0 saturated heterocycles. The van der Waals surface area contributed by atoms with Crippen LogP contribution in [0.15, 0.2) is 77.2 Å². The zero-order valence-corrected chi connectivity index (χ0v) is 18.2. The quantitative estimate of drug-likeness (QED) is 0.283. The normalized spacial score (nSPS) is 14.3. The number of hydrogen-bond donors (Lipinski definition) is 0.